The molecule has 1 N–H and O–H groups in total. The van der Waals surface area contributed by atoms with Crippen LogP contribution in [-0.2, 0) is 0 Å². The van der Waals surface area contributed by atoms with Gasteiger partial charge < -0.3 is 5.11 Å². The molecule has 0 aromatic rings. The van der Waals surface area contributed by atoms with Crippen molar-refractivity contribution in [2.45, 2.75) is 32.8 Å². The Morgan fingerprint density at radius 2 is 1.88 bits per heavy atom. The number of rotatable bonds is 0. The molecular weight excluding hydrogens is 100 g/mol. The highest BCUT2D eigenvalue weighted by Crippen LogP contribution is 2.29. The number of aliphatic hydroxyl groups excluding tert-OH is 1. The number of hydrogen-bond acceptors (Lipinski definition) is 1. The van der Waals surface area contributed by atoms with E-state index in [2.05, 4.69) is 13.8 Å². The van der Waals surface area contributed by atoms with Gasteiger partial charge in [-0.2, -0.15) is 0 Å². The third-order valence-corrected chi connectivity index (χ3v) is 2.07. The van der Waals surface area contributed by atoms with Crippen LogP contribution in [0.2, 0.25) is 0 Å². The van der Waals surface area contributed by atoms with Crippen LogP contribution >= 0.6 is 0 Å². The summed E-state index contributed by atoms with van der Waals surface area (Å²) in [4.78, 5) is 0. The van der Waals surface area contributed by atoms with Crippen LogP contribution < -0.4 is 0 Å². The van der Waals surface area contributed by atoms with E-state index in [0.717, 1.165) is 12.3 Å². The molecule has 8 heavy (non-hydrogen) atoms. The Morgan fingerprint density at radius 3 is 2.00 bits per heavy atom. The Kier molecular flexibility index (Phi) is 1.57. The number of aliphatic hydroxyl groups is 1. The Morgan fingerprint density at radius 1 is 1.25 bits per heavy atom. The maximum Gasteiger partial charge on any atom is 0.0568 e. The van der Waals surface area contributed by atoms with Crippen LogP contribution in [-0.4, -0.2) is 11.2 Å². The van der Waals surface area contributed by atoms with Crippen LogP contribution in [0.1, 0.15) is 26.7 Å². The number of hydrogen-bond donors (Lipinski definition) is 1. The molecule has 1 fully saturated rings. The van der Waals surface area contributed by atoms with Gasteiger partial charge in [0.15, 0.2) is 0 Å². The molecule has 1 heteroatoms. The van der Waals surface area contributed by atoms with E-state index >= 15 is 0 Å². The molecule has 0 spiro atoms. The third-order valence-electron chi connectivity index (χ3n) is 2.07. The van der Waals surface area contributed by atoms with E-state index in [1.54, 1.807) is 0 Å². The lowest BCUT2D eigenvalue weighted by Gasteiger charge is -2.04. The summed E-state index contributed by atoms with van der Waals surface area (Å²) >= 11 is 0. The van der Waals surface area contributed by atoms with Crippen molar-refractivity contribution in [3.8, 4) is 0 Å². The van der Waals surface area contributed by atoms with Gasteiger partial charge in [-0.05, 0) is 24.7 Å². The van der Waals surface area contributed by atoms with Crippen molar-refractivity contribution in [1.82, 2.24) is 0 Å². The summed E-state index contributed by atoms with van der Waals surface area (Å²) in [6.45, 7) is 4.32. The van der Waals surface area contributed by atoms with E-state index in [-0.39, 0.29) is 6.10 Å². The molecule has 48 valence electrons. The maximum atomic E-state index is 9.17. The highest BCUT2D eigenvalue weighted by molar-refractivity contribution is 4.77. The van der Waals surface area contributed by atoms with Gasteiger partial charge in [-0.15, -0.1) is 0 Å². The minimum Gasteiger partial charge on any atom is -0.393 e. The quantitative estimate of drug-likeness (QED) is 0.505. The van der Waals surface area contributed by atoms with Gasteiger partial charge in [0.25, 0.3) is 0 Å². The smallest absolute Gasteiger partial charge is 0.0568 e. The van der Waals surface area contributed by atoms with Crippen molar-refractivity contribution in [2.75, 3.05) is 0 Å². The maximum absolute atomic E-state index is 9.17. The van der Waals surface area contributed by atoms with Gasteiger partial charge in [-0.3, -0.25) is 0 Å². The Balaban J connectivity index is 2.39. The molecule has 0 amide bonds. The highest BCUT2D eigenvalue weighted by Gasteiger charge is 2.25. The van der Waals surface area contributed by atoms with Crippen LogP contribution in [0.3, 0.4) is 0 Å². The van der Waals surface area contributed by atoms with E-state index in [1.807, 2.05) is 0 Å². The van der Waals surface area contributed by atoms with E-state index in [1.165, 1.54) is 6.42 Å². The molecule has 1 saturated carbocycles. The zero-order chi connectivity index (χ0) is 6.15. The Labute approximate surface area is 50.7 Å². The monoisotopic (exact) mass is 114 g/mol. The molecule has 1 aliphatic rings. The lowest BCUT2D eigenvalue weighted by atomic mass is 10.1. The molecule has 1 nitrogen and oxygen atoms in total. The third kappa shape index (κ3) is 1.03. The average molecular weight is 114 g/mol. The molecule has 0 radical (unpaired) electrons. The Hall–Kier alpha value is -0.0400. The van der Waals surface area contributed by atoms with Crippen LogP contribution in [0.4, 0.5) is 0 Å². The van der Waals surface area contributed by atoms with Crippen LogP contribution in [0.5, 0.6) is 0 Å². The molecule has 1 rings (SSSR count). The second-order valence-electron chi connectivity index (χ2n) is 3.12. The van der Waals surface area contributed by atoms with Crippen molar-refractivity contribution >= 4 is 0 Å². The first kappa shape index (κ1) is 6.09. The molecule has 1 aliphatic carbocycles. The van der Waals surface area contributed by atoms with Gasteiger partial charge >= 0.3 is 0 Å². The van der Waals surface area contributed by atoms with Crippen molar-refractivity contribution in [2.24, 2.45) is 11.8 Å². The molecular formula is C7H14O. The Bertz CT molecular complexity index is 70.5. The highest BCUT2D eigenvalue weighted by atomic mass is 16.3. The van der Waals surface area contributed by atoms with Crippen molar-refractivity contribution in [3.05, 3.63) is 0 Å². The minimum atomic E-state index is -0.00926. The first-order valence-corrected chi connectivity index (χ1v) is 3.38. The molecule has 0 bridgehead atoms. The van der Waals surface area contributed by atoms with Crippen LogP contribution in [0, 0.1) is 11.8 Å². The lowest BCUT2D eigenvalue weighted by Crippen LogP contribution is -2.07. The summed E-state index contributed by atoms with van der Waals surface area (Å²) in [6, 6.07) is 0. The predicted octanol–water partition coefficient (Wildman–Crippen LogP) is 1.41. The molecule has 0 aromatic heterocycles. The zero-order valence-electron chi connectivity index (χ0n) is 5.59. The van der Waals surface area contributed by atoms with E-state index in [4.69, 9.17) is 5.11 Å². The fraction of sp³-hybridized carbons (Fsp3) is 1.00. The normalized spacial score (nSPS) is 47.6. The molecule has 0 saturated heterocycles. The fourth-order valence-corrected chi connectivity index (χ4v) is 1.53. The van der Waals surface area contributed by atoms with Gasteiger partial charge in [0.1, 0.15) is 0 Å². The minimum absolute atomic E-state index is 0.00926. The van der Waals surface area contributed by atoms with Crippen molar-refractivity contribution < 1.29 is 5.11 Å². The van der Waals surface area contributed by atoms with Gasteiger partial charge in [0.2, 0.25) is 0 Å². The van der Waals surface area contributed by atoms with E-state index in [0.29, 0.717) is 5.92 Å². The topological polar surface area (TPSA) is 20.2 Å². The van der Waals surface area contributed by atoms with E-state index < -0.39 is 0 Å². The molecule has 0 heterocycles. The summed E-state index contributed by atoms with van der Waals surface area (Å²) in [5.41, 5.74) is 0. The van der Waals surface area contributed by atoms with Gasteiger partial charge in [-0.25, -0.2) is 0 Å². The second kappa shape index (κ2) is 2.06. The van der Waals surface area contributed by atoms with Crippen LogP contribution in [0.25, 0.3) is 0 Å². The molecule has 0 aliphatic heterocycles. The van der Waals surface area contributed by atoms with Gasteiger partial charge in [0, 0.05) is 0 Å². The standard InChI is InChI=1S/C7H14O/c1-5-3-6(2)7(8)4-5/h5-8H,3-4H2,1-2H3/t5?,6-,7?/m1/s1. The molecule has 3 atom stereocenters. The van der Waals surface area contributed by atoms with Crippen molar-refractivity contribution in [3.63, 3.8) is 0 Å². The fourth-order valence-electron chi connectivity index (χ4n) is 1.53. The summed E-state index contributed by atoms with van der Waals surface area (Å²) < 4.78 is 0. The first-order chi connectivity index (χ1) is 3.70. The predicted molar refractivity (Wildman–Crippen MR) is 33.6 cm³/mol. The SMILES string of the molecule is CC1CC(O)[C@H](C)C1. The molecule has 2 unspecified atom stereocenters. The summed E-state index contributed by atoms with van der Waals surface area (Å²) in [7, 11) is 0. The van der Waals surface area contributed by atoms with Crippen LogP contribution in [0.15, 0.2) is 0 Å². The zero-order valence-corrected chi connectivity index (χ0v) is 5.59. The van der Waals surface area contributed by atoms with Gasteiger partial charge in [0.05, 0.1) is 6.10 Å². The summed E-state index contributed by atoms with van der Waals surface area (Å²) in [6.07, 6.45) is 2.22. The largest absolute Gasteiger partial charge is 0.393 e. The average Bonchev–Trinajstić information content (AvgIpc) is 1.85. The van der Waals surface area contributed by atoms with E-state index in [9.17, 15) is 0 Å². The summed E-state index contributed by atoms with van der Waals surface area (Å²) in [5, 5.41) is 9.17. The lowest BCUT2D eigenvalue weighted by molar-refractivity contribution is 0.140. The summed E-state index contributed by atoms with van der Waals surface area (Å²) in [5.74, 6) is 1.30. The van der Waals surface area contributed by atoms with Gasteiger partial charge in [-0.1, -0.05) is 13.8 Å². The second-order valence-corrected chi connectivity index (χ2v) is 3.12. The molecule has 0 aromatic carbocycles. The first-order valence-electron chi connectivity index (χ1n) is 3.38. The van der Waals surface area contributed by atoms with Crippen molar-refractivity contribution in [1.29, 1.82) is 0 Å².